The van der Waals surface area contributed by atoms with Crippen LogP contribution in [0.5, 0.6) is 11.5 Å². The maximum absolute atomic E-state index is 13.8. The molecule has 0 aliphatic carbocycles. The molecule has 0 radical (unpaired) electrons. The van der Waals surface area contributed by atoms with E-state index in [1.54, 1.807) is 31.4 Å². The van der Waals surface area contributed by atoms with Gasteiger partial charge >= 0.3 is 0 Å². The van der Waals surface area contributed by atoms with Crippen molar-refractivity contribution in [1.82, 2.24) is 0 Å². The number of ether oxygens (including phenoxy) is 2. The van der Waals surface area contributed by atoms with E-state index in [9.17, 15) is 8.78 Å². The molecule has 0 heterocycles. The van der Waals surface area contributed by atoms with Crippen molar-refractivity contribution in [3.8, 4) is 22.6 Å². The third-order valence-electron chi connectivity index (χ3n) is 2.67. The Labute approximate surface area is 118 Å². The molecule has 0 aliphatic rings. The fourth-order valence-corrected chi connectivity index (χ4v) is 1.68. The molecule has 0 aliphatic heterocycles. The lowest BCUT2D eigenvalue weighted by molar-refractivity contribution is 0.372. The molecular formula is C16H18F2O2. The normalized spacial score (nSPS) is 9.50. The van der Waals surface area contributed by atoms with Crippen molar-refractivity contribution in [1.29, 1.82) is 0 Å². The third-order valence-corrected chi connectivity index (χ3v) is 2.67. The number of hydrogen-bond acceptors (Lipinski definition) is 2. The molecule has 2 nitrogen and oxygen atoms in total. The van der Waals surface area contributed by atoms with Gasteiger partial charge in [0, 0.05) is 5.56 Å². The smallest absolute Gasteiger partial charge is 0.201 e. The maximum Gasteiger partial charge on any atom is 0.201 e. The van der Waals surface area contributed by atoms with Crippen LogP contribution < -0.4 is 9.47 Å². The van der Waals surface area contributed by atoms with Gasteiger partial charge in [0.2, 0.25) is 5.82 Å². The Hall–Kier alpha value is -2.10. The highest BCUT2D eigenvalue weighted by atomic mass is 19.2. The molecule has 0 N–H and O–H groups in total. The van der Waals surface area contributed by atoms with Gasteiger partial charge in [0.25, 0.3) is 0 Å². The maximum atomic E-state index is 13.8. The van der Waals surface area contributed by atoms with Crippen molar-refractivity contribution in [2.24, 2.45) is 0 Å². The molecule has 2 aromatic rings. The Balaban J connectivity index is 0.000000956. The number of methoxy groups -OCH3 is 2. The van der Waals surface area contributed by atoms with Crippen LogP contribution in [0.3, 0.4) is 0 Å². The Kier molecular flexibility index (Phi) is 5.97. The van der Waals surface area contributed by atoms with Crippen LogP contribution in [0.4, 0.5) is 8.78 Å². The topological polar surface area (TPSA) is 18.5 Å². The molecule has 20 heavy (non-hydrogen) atoms. The Bertz CT molecular complexity index is 551. The summed E-state index contributed by atoms with van der Waals surface area (Å²) in [6, 6.07) is 9.61. The molecule has 2 aromatic carbocycles. The molecule has 0 saturated carbocycles. The summed E-state index contributed by atoms with van der Waals surface area (Å²) in [6.45, 7) is 4.00. The van der Waals surface area contributed by atoms with Crippen molar-refractivity contribution in [2.75, 3.05) is 14.2 Å². The van der Waals surface area contributed by atoms with Crippen molar-refractivity contribution in [3.05, 3.63) is 48.0 Å². The average Bonchev–Trinajstić information content (AvgIpc) is 2.52. The van der Waals surface area contributed by atoms with Gasteiger partial charge in [-0.05, 0) is 29.8 Å². The van der Waals surface area contributed by atoms with Crippen LogP contribution in [0.15, 0.2) is 36.4 Å². The number of benzene rings is 2. The quantitative estimate of drug-likeness (QED) is 0.813. The molecular weight excluding hydrogens is 262 g/mol. The number of hydrogen-bond donors (Lipinski definition) is 0. The van der Waals surface area contributed by atoms with Crippen molar-refractivity contribution >= 4 is 0 Å². The molecule has 2 rings (SSSR count). The number of rotatable bonds is 3. The summed E-state index contributed by atoms with van der Waals surface area (Å²) in [6.07, 6.45) is 0. The minimum atomic E-state index is -0.981. The van der Waals surface area contributed by atoms with E-state index in [0.717, 1.165) is 0 Å². The van der Waals surface area contributed by atoms with E-state index in [0.29, 0.717) is 11.3 Å². The second kappa shape index (κ2) is 7.48. The van der Waals surface area contributed by atoms with Gasteiger partial charge in [0.1, 0.15) is 5.75 Å². The van der Waals surface area contributed by atoms with Crippen LogP contribution in [0.2, 0.25) is 0 Å². The van der Waals surface area contributed by atoms with E-state index >= 15 is 0 Å². The van der Waals surface area contributed by atoms with Crippen LogP contribution in [-0.2, 0) is 0 Å². The van der Waals surface area contributed by atoms with Gasteiger partial charge in [-0.2, -0.15) is 4.39 Å². The van der Waals surface area contributed by atoms with E-state index in [1.807, 2.05) is 13.8 Å². The molecule has 108 valence electrons. The Morgan fingerprint density at radius 2 is 1.35 bits per heavy atom. The second-order valence-electron chi connectivity index (χ2n) is 3.67. The lowest BCUT2D eigenvalue weighted by atomic mass is 10.0. The summed E-state index contributed by atoms with van der Waals surface area (Å²) in [5.74, 6) is -1.34. The van der Waals surface area contributed by atoms with Gasteiger partial charge in [0.15, 0.2) is 11.6 Å². The van der Waals surface area contributed by atoms with Crippen LogP contribution in [0.25, 0.3) is 11.1 Å². The van der Waals surface area contributed by atoms with Gasteiger partial charge in [-0.1, -0.05) is 26.0 Å². The molecule has 0 bridgehead atoms. The first-order valence-electron chi connectivity index (χ1n) is 6.33. The van der Waals surface area contributed by atoms with Gasteiger partial charge in [-0.3, -0.25) is 0 Å². The van der Waals surface area contributed by atoms with E-state index in [-0.39, 0.29) is 11.3 Å². The lowest BCUT2D eigenvalue weighted by Gasteiger charge is -2.08. The molecule has 0 unspecified atom stereocenters. The highest BCUT2D eigenvalue weighted by molar-refractivity contribution is 5.66. The van der Waals surface area contributed by atoms with Crippen LogP contribution in [0, 0.1) is 11.6 Å². The third kappa shape index (κ3) is 3.26. The van der Waals surface area contributed by atoms with E-state index in [2.05, 4.69) is 0 Å². The van der Waals surface area contributed by atoms with Crippen molar-refractivity contribution in [2.45, 2.75) is 13.8 Å². The molecule has 0 spiro atoms. The van der Waals surface area contributed by atoms with Crippen molar-refractivity contribution in [3.63, 3.8) is 0 Å². The minimum Gasteiger partial charge on any atom is -0.497 e. The standard InChI is InChI=1S/C14H12F2O2.C2H6/c1-17-10-5-3-9(4-6-10)11-7-8-12(18-2)14(16)13(11)15;1-2/h3-8H,1-2H3;1-2H3. The predicted octanol–water partition coefficient (Wildman–Crippen LogP) is 4.68. The molecule has 4 heteroatoms. The minimum absolute atomic E-state index is 0.107. The monoisotopic (exact) mass is 280 g/mol. The largest absolute Gasteiger partial charge is 0.497 e. The van der Waals surface area contributed by atoms with Gasteiger partial charge in [-0.25, -0.2) is 4.39 Å². The lowest BCUT2D eigenvalue weighted by Crippen LogP contribution is -1.95. The summed E-state index contributed by atoms with van der Waals surface area (Å²) in [5.41, 5.74) is 0.769. The summed E-state index contributed by atoms with van der Waals surface area (Å²) < 4.78 is 37.1. The molecule has 0 fully saturated rings. The van der Waals surface area contributed by atoms with Crippen LogP contribution >= 0.6 is 0 Å². The average molecular weight is 280 g/mol. The molecule has 0 atom stereocenters. The van der Waals surface area contributed by atoms with Crippen LogP contribution in [-0.4, -0.2) is 14.2 Å². The van der Waals surface area contributed by atoms with Gasteiger partial charge < -0.3 is 9.47 Å². The highest BCUT2D eigenvalue weighted by Gasteiger charge is 2.14. The van der Waals surface area contributed by atoms with E-state index in [4.69, 9.17) is 9.47 Å². The zero-order valence-electron chi connectivity index (χ0n) is 12.0. The Morgan fingerprint density at radius 3 is 1.85 bits per heavy atom. The SMILES string of the molecule is CC.COc1ccc(-c2ccc(OC)c(F)c2F)cc1. The zero-order chi connectivity index (χ0) is 15.1. The van der Waals surface area contributed by atoms with Gasteiger partial charge in [-0.15, -0.1) is 0 Å². The van der Waals surface area contributed by atoms with Crippen molar-refractivity contribution < 1.29 is 18.3 Å². The number of halogens is 2. The van der Waals surface area contributed by atoms with E-state index < -0.39 is 11.6 Å². The van der Waals surface area contributed by atoms with Gasteiger partial charge in [0.05, 0.1) is 14.2 Å². The fraction of sp³-hybridized carbons (Fsp3) is 0.250. The molecule has 0 amide bonds. The second-order valence-corrected chi connectivity index (χ2v) is 3.67. The Morgan fingerprint density at radius 1 is 0.750 bits per heavy atom. The van der Waals surface area contributed by atoms with Crippen LogP contribution in [0.1, 0.15) is 13.8 Å². The predicted molar refractivity (Wildman–Crippen MR) is 76.2 cm³/mol. The molecule has 0 aromatic heterocycles. The van der Waals surface area contributed by atoms with E-state index in [1.165, 1.54) is 19.2 Å². The summed E-state index contributed by atoms with van der Waals surface area (Å²) in [4.78, 5) is 0. The first-order valence-corrected chi connectivity index (χ1v) is 6.33. The fourth-order valence-electron chi connectivity index (χ4n) is 1.68. The molecule has 0 saturated heterocycles. The first kappa shape index (κ1) is 16.0. The highest BCUT2D eigenvalue weighted by Crippen LogP contribution is 2.30. The zero-order valence-corrected chi connectivity index (χ0v) is 12.0. The summed E-state index contributed by atoms with van der Waals surface area (Å²) in [5, 5.41) is 0. The summed E-state index contributed by atoms with van der Waals surface area (Å²) in [7, 11) is 2.84. The first-order chi connectivity index (χ1) is 9.67. The summed E-state index contributed by atoms with van der Waals surface area (Å²) >= 11 is 0.